The number of rotatable bonds is 5. The molecule has 1 unspecified atom stereocenters. The number of carboxylic acid groups (broad SMARTS) is 1. The van der Waals surface area contributed by atoms with Crippen LogP contribution in [0.25, 0.3) is 22.3 Å². The number of anilines is 1. The Morgan fingerprint density at radius 1 is 1.08 bits per heavy atom. The molecule has 2 N–H and O–H groups in total. The zero-order valence-corrected chi connectivity index (χ0v) is 13.9. The van der Waals surface area contributed by atoms with Crippen molar-refractivity contribution in [3.05, 3.63) is 54.6 Å². The van der Waals surface area contributed by atoms with Crippen LogP contribution in [-0.4, -0.2) is 27.1 Å². The van der Waals surface area contributed by atoms with Gasteiger partial charge in [0.1, 0.15) is 11.9 Å². The molecule has 0 spiro atoms. The lowest BCUT2D eigenvalue weighted by atomic mass is 10.1. The summed E-state index contributed by atoms with van der Waals surface area (Å²) >= 11 is 0. The summed E-state index contributed by atoms with van der Waals surface area (Å²) < 4.78 is 0. The second kappa shape index (κ2) is 7.75. The lowest BCUT2D eigenvalue weighted by Crippen LogP contribution is -3.00. The number of para-hydroxylation sites is 1. The first-order valence-corrected chi connectivity index (χ1v) is 7.50. The van der Waals surface area contributed by atoms with E-state index in [1.54, 1.807) is 0 Å². The van der Waals surface area contributed by atoms with Crippen molar-refractivity contribution < 1.29 is 22.3 Å². The Balaban J connectivity index is 0.00000208. The van der Waals surface area contributed by atoms with E-state index in [4.69, 9.17) is 0 Å². The summed E-state index contributed by atoms with van der Waals surface area (Å²) in [6, 6.07) is 16.5. The minimum atomic E-state index is -0.892. The number of fused-ring (bicyclic) bond motifs is 1. The van der Waals surface area contributed by atoms with Crippen LogP contribution in [0.3, 0.4) is 0 Å². The minimum absolute atomic E-state index is 0. The van der Waals surface area contributed by atoms with Gasteiger partial charge in [-0.05, 0) is 18.6 Å². The molecule has 2 aromatic carbocycles. The van der Waals surface area contributed by atoms with Crippen molar-refractivity contribution in [3.63, 3.8) is 0 Å². The van der Waals surface area contributed by atoms with E-state index in [-0.39, 0.29) is 12.4 Å². The molecule has 5 nitrogen and oxygen atoms in total. The van der Waals surface area contributed by atoms with E-state index in [1.165, 1.54) is 0 Å². The summed E-state index contributed by atoms with van der Waals surface area (Å²) in [5.74, 6) is 0.229. The molecular formula is C18H17ClN3O2-. The number of aromatic nitrogens is 2. The normalized spacial score (nSPS) is 11.5. The van der Waals surface area contributed by atoms with Gasteiger partial charge in [0.2, 0.25) is 0 Å². The van der Waals surface area contributed by atoms with Gasteiger partial charge < -0.3 is 22.8 Å². The van der Waals surface area contributed by atoms with Gasteiger partial charge in [-0.2, -0.15) is 0 Å². The predicted molar refractivity (Wildman–Crippen MR) is 90.3 cm³/mol. The molecule has 3 rings (SSSR count). The molecule has 0 fully saturated rings. The van der Waals surface area contributed by atoms with E-state index in [0.717, 1.165) is 16.5 Å². The van der Waals surface area contributed by atoms with Crippen molar-refractivity contribution in [2.75, 3.05) is 5.32 Å². The maximum atomic E-state index is 11.3. The first-order chi connectivity index (χ1) is 11.2. The number of nitrogens with zero attached hydrogens (tertiary/aromatic N) is 2. The monoisotopic (exact) mass is 342 g/mol. The van der Waals surface area contributed by atoms with Crippen LogP contribution in [0.1, 0.15) is 13.3 Å². The maximum absolute atomic E-state index is 11.3. The Hall–Kier alpha value is -2.66. The summed E-state index contributed by atoms with van der Waals surface area (Å²) in [5.41, 5.74) is 1.67. The van der Waals surface area contributed by atoms with Gasteiger partial charge in [0.25, 0.3) is 0 Å². The van der Waals surface area contributed by atoms with Crippen LogP contribution in [0.4, 0.5) is 5.82 Å². The molecule has 1 heterocycles. The van der Waals surface area contributed by atoms with Crippen molar-refractivity contribution in [2.24, 2.45) is 0 Å². The van der Waals surface area contributed by atoms with Crippen molar-refractivity contribution >= 4 is 22.7 Å². The highest BCUT2D eigenvalue weighted by molar-refractivity contribution is 5.92. The molecule has 0 bridgehead atoms. The van der Waals surface area contributed by atoms with Gasteiger partial charge in [-0.25, -0.2) is 14.8 Å². The average Bonchev–Trinajstić information content (AvgIpc) is 2.59. The molecule has 0 saturated carbocycles. The van der Waals surface area contributed by atoms with Crippen LogP contribution in [0.5, 0.6) is 0 Å². The fourth-order valence-corrected chi connectivity index (χ4v) is 2.41. The number of hydrogen-bond donors (Lipinski definition) is 2. The topological polar surface area (TPSA) is 75.1 Å². The van der Waals surface area contributed by atoms with Gasteiger partial charge in [0.15, 0.2) is 5.82 Å². The van der Waals surface area contributed by atoms with E-state index in [0.29, 0.717) is 18.1 Å². The lowest BCUT2D eigenvalue weighted by Gasteiger charge is -2.15. The molecule has 0 aliphatic carbocycles. The fourth-order valence-electron chi connectivity index (χ4n) is 2.41. The average molecular weight is 343 g/mol. The largest absolute Gasteiger partial charge is 1.00 e. The fraction of sp³-hybridized carbons (Fsp3) is 0.167. The number of aliphatic carboxylic acids is 1. The number of hydrogen-bond acceptors (Lipinski definition) is 4. The highest BCUT2D eigenvalue weighted by Gasteiger charge is 2.17. The van der Waals surface area contributed by atoms with Crippen LogP contribution >= 0.6 is 0 Å². The van der Waals surface area contributed by atoms with Crippen LogP contribution in [0.15, 0.2) is 54.6 Å². The Labute approximate surface area is 146 Å². The van der Waals surface area contributed by atoms with Crippen LogP contribution in [0.2, 0.25) is 0 Å². The van der Waals surface area contributed by atoms with E-state index >= 15 is 0 Å². The van der Waals surface area contributed by atoms with Crippen molar-refractivity contribution in [3.8, 4) is 11.4 Å². The third-order valence-corrected chi connectivity index (χ3v) is 3.65. The van der Waals surface area contributed by atoms with Gasteiger partial charge >= 0.3 is 5.97 Å². The molecule has 6 heteroatoms. The molecule has 124 valence electrons. The van der Waals surface area contributed by atoms with Gasteiger partial charge in [0.05, 0.1) is 5.52 Å². The van der Waals surface area contributed by atoms with Crippen LogP contribution in [0, 0.1) is 0 Å². The quantitative estimate of drug-likeness (QED) is 0.709. The second-order valence-corrected chi connectivity index (χ2v) is 5.22. The van der Waals surface area contributed by atoms with Gasteiger partial charge in [-0.1, -0.05) is 49.4 Å². The molecule has 0 saturated heterocycles. The molecular weight excluding hydrogens is 326 g/mol. The number of benzene rings is 2. The lowest BCUT2D eigenvalue weighted by molar-refractivity contribution is -0.137. The first-order valence-electron chi connectivity index (χ1n) is 7.50. The summed E-state index contributed by atoms with van der Waals surface area (Å²) in [6.45, 7) is 1.83. The molecule has 0 amide bonds. The van der Waals surface area contributed by atoms with Gasteiger partial charge in [-0.3, -0.25) is 0 Å². The van der Waals surface area contributed by atoms with E-state index in [2.05, 4.69) is 15.3 Å². The Bertz CT molecular complexity index is 840. The van der Waals surface area contributed by atoms with Gasteiger partial charge in [-0.15, -0.1) is 0 Å². The van der Waals surface area contributed by atoms with E-state index in [9.17, 15) is 9.90 Å². The van der Waals surface area contributed by atoms with Crippen molar-refractivity contribution in [1.82, 2.24) is 9.97 Å². The smallest absolute Gasteiger partial charge is 0.326 e. The molecule has 1 aromatic heterocycles. The number of carbonyl (C=O) groups is 1. The summed E-state index contributed by atoms with van der Waals surface area (Å²) in [4.78, 5) is 20.5. The zero-order valence-electron chi connectivity index (χ0n) is 13.1. The van der Waals surface area contributed by atoms with Crippen molar-refractivity contribution in [2.45, 2.75) is 19.4 Å². The molecule has 0 aliphatic rings. The first kappa shape index (κ1) is 17.7. The van der Waals surface area contributed by atoms with E-state index in [1.807, 2.05) is 61.5 Å². The van der Waals surface area contributed by atoms with E-state index < -0.39 is 12.0 Å². The predicted octanol–water partition coefficient (Wildman–Crippen LogP) is 0.576. The number of nitrogens with one attached hydrogen (secondary N) is 1. The SMILES string of the molecule is CCC(Nc1nc(-c2ccccc2)nc2ccccc12)C(=O)O.[Cl-]. The summed E-state index contributed by atoms with van der Waals surface area (Å²) in [5, 5.41) is 13.1. The molecule has 24 heavy (non-hydrogen) atoms. The van der Waals surface area contributed by atoms with Crippen LogP contribution in [-0.2, 0) is 4.79 Å². The standard InChI is InChI=1S/C18H17N3O2.ClH/c1-2-14(18(22)23)19-17-13-10-6-7-11-15(13)20-16(21-17)12-8-4-3-5-9-12;/h3-11,14H,2H2,1H3,(H,22,23)(H,19,20,21);1H/p-1. The maximum Gasteiger partial charge on any atom is 0.326 e. The highest BCUT2D eigenvalue weighted by atomic mass is 35.5. The zero-order chi connectivity index (χ0) is 16.2. The van der Waals surface area contributed by atoms with Crippen molar-refractivity contribution in [1.29, 1.82) is 0 Å². The molecule has 3 aromatic rings. The number of carboxylic acids is 1. The Morgan fingerprint density at radius 3 is 2.42 bits per heavy atom. The Kier molecular flexibility index (Phi) is 5.71. The van der Waals surface area contributed by atoms with Gasteiger partial charge in [0, 0.05) is 10.9 Å². The molecule has 0 radical (unpaired) electrons. The van der Waals surface area contributed by atoms with Crippen LogP contribution < -0.4 is 17.7 Å². The Morgan fingerprint density at radius 2 is 1.75 bits per heavy atom. The third kappa shape index (κ3) is 3.63. The second-order valence-electron chi connectivity index (χ2n) is 5.22. The molecule has 0 aliphatic heterocycles. The highest BCUT2D eigenvalue weighted by Crippen LogP contribution is 2.25. The molecule has 1 atom stereocenters. The summed E-state index contributed by atoms with van der Waals surface area (Å²) in [7, 11) is 0. The summed E-state index contributed by atoms with van der Waals surface area (Å²) in [6.07, 6.45) is 0.467. The number of halogens is 1. The minimum Gasteiger partial charge on any atom is -1.00 e. The third-order valence-electron chi connectivity index (χ3n) is 3.65.